The van der Waals surface area contributed by atoms with Crippen LogP contribution in [0.3, 0.4) is 0 Å². The van der Waals surface area contributed by atoms with E-state index < -0.39 is 29.3 Å². The summed E-state index contributed by atoms with van der Waals surface area (Å²) in [4.78, 5) is 11.3. The lowest BCUT2D eigenvalue weighted by Gasteiger charge is -2.05. The Bertz CT molecular complexity index is 419. The maximum atomic E-state index is 11.3. The average molecular weight is 304 g/mol. The number of aromatic hydroxyl groups is 3. The van der Waals surface area contributed by atoms with Crippen molar-refractivity contribution in [3.05, 3.63) is 17.7 Å². The number of carbonyl (C=O) groups excluding carboxylic acids is 1. The average Bonchev–Trinajstić information content (AvgIpc) is 2.49. The van der Waals surface area contributed by atoms with Gasteiger partial charge in [0.15, 0.2) is 17.2 Å². The second-order valence-corrected chi connectivity index (χ2v) is 4.02. The predicted octanol–water partition coefficient (Wildman–Crippen LogP) is -0.298. The fourth-order valence-electron chi connectivity index (χ4n) is 1.06. The topological polar surface area (TPSA) is 148 Å². The highest BCUT2D eigenvalue weighted by Crippen LogP contribution is 2.35. The summed E-state index contributed by atoms with van der Waals surface area (Å²) in [6, 6.07) is 2.07. The van der Waals surface area contributed by atoms with Crippen LogP contribution < -0.4 is 0 Å². The van der Waals surface area contributed by atoms with E-state index in [4.69, 9.17) is 35.4 Å². The van der Waals surface area contributed by atoms with E-state index in [1.165, 1.54) is 0 Å². The molecule has 1 rings (SSSR count). The van der Waals surface area contributed by atoms with Gasteiger partial charge in [0.1, 0.15) is 6.10 Å². The standard InChI is InChI=1S/C10H12O5.C3H8O3/c1-2-3-15-10(14)6-4-7(11)9(13)8(12)5-6;4-1-3(6)2-5/h4-5,11-13H,2-3H2,1H3;3-6H,1-2H2. The van der Waals surface area contributed by atoms with Crippen molar-refractivity contribution in [3.63, 3.8) is 0 Å². The molecule has 0 radical (unpaired) electrons. The smallest absolute Gasteiger partial charge is 0.338 e. The highest BCUT2D eigenvalue weighted by Gasteiger charge is 2.14. The van der Waals surface area contributed by atoms with Gasteiger partial charge in [0.05, 0.1) is 25.4 Å². The van der Waals surface area contributed by atoms with E-state index in [0.717, 1.165) is 12.1 Å². The molecule has 0 fully saturated rings. The first-order chi connectivity index (χ1) is 9.87. The molecular weight excluding hydrogens is 284 g/mol. The van der Waals surface area contributed by atoms with Crippen molar-refractivity contribution in [3.8, 4) is 17.2 Å². The summed E-state index contributed by atoms with van der Waals surface area (Å²) in [6.07, 6.45) is -0.271. The second kappa shape index (κ2) is 9.81. The van der Waals surface area contributed by atoms with Crippen molar-refractivity contribution < 1.29 is 40.2 Å². The molecule has 1 aromatic rings. The lowest BCUT2D eigenvalue weighted by atomic mass is 10.2. The van der Waals surface area contributed by atoms with Crippen molar-refractivity contribution >= 4 is 5.97 Å². The number of benzene rings is 1. The summed E-state index contributed by atoms with van der Waals surface area (Å²) in [5, 5.41) is 51.3. The van der Waals surface area contributed by atoms with Crippen LogP contribution in [0, 0.1) is 0 Å². The van der Waals surface area contributed by atoms with Gasteiger partial charge in [0.25, 0.3) is 0 Å². The van der Waals surface area contributed by atoms with Crippen LogP contribution in [-0.2, 0) is 4.74 Å². The van der Waals surface area contributed by atoms with E-state index in [9.17, 15) is 4.79 Å². The quantitative estimate of drug-likeness (QED) is 0.321. The zero-order valence-corrected chi connectivity index (χ0v) is 11.6. The van der Waals surface area contributed by atoms with Gasteiger partial charge in [-0.25, -0.2) is 4.79 Å². The third kappa shape index (κ3) is 6.80. The van der Waals surface area contributed by atoms with E-state index in [1.807, 2.05) is 6.92 Å². The lowest BCUT2D eigenvalue weighted by Crippen LogP contribution is -2.15. The first kappa shape index (κ1) is 19.0. The SMILES string of the molecule is CCCOC(=O)c1cc(O)c(O)c(O)c1.OCC(O)CO. The number of carbonyl (C=O) groups is 1. The van der Waals surface area contributed by atoms with Crippen molar-refractivity contribution in [2.45, 2.75) is 19.4 Å². The molecule has 0 aliphatic heterocycles. The first-order valence-corrected chi connectivity index (χ1v) is 6.19. The van der Waals surface area contributed by atoms with Gasteiger partial charge < -0.3 is 35.4 Å². The van der Waals surface area contributed by atoms with Gasteiger partial charge in [-0.05, 0) is 18.6 Å². The van der Waals surface area contributed by atoms with Crippen molar-refractivity contribution in [2.75, 3.05) is 19.8 Å². The number of hydrogen-bond donors (Lipinski definition) is 6. The fourth-order valence-corrected chi connectivity index (χ4v) is 1.06. The molecule has 0 spiro atoms. The highest BCUT2D eigenvalue weighted by atomic mass is 16.5. The van der Waals surface area contributed by atoms with Crippen molar-refractivity contribution in [2.24, 2.45) is 0 Å². The summed E-state index contributed by atoms with van der Waals surface area (Å²) in [5.74, 6) is -2.42. The summed E-state index contributed by atoms with van der Waals surface area (Å²) in [6.45, 7) is 1.38. The van der Waals surface area contributed by atoms with Gasteiger partial charge in [-0.3, -0.25) is 0 Å². The van der Waals surface area contributed by atoms with Crippen molar-refractivity contribution in [1.29, 1.82) is 0 Å². The van der Waals surface area contributed by atoms with Gasteiger partial charge in [0, 0.05) is 0 Å². The molecule has 0 amide bonds. The molecule has 8 heteroatoms. The molecule has 0 aliphatic carbocycles. The van der Waals surface area contributed by atoms with E-state index in [0.29, 0.717) is 6.42 Å². The molecule has 0 saturated heterocycles. The molecule has 6 N–H and O–H groups in total. The van der Waals surface area contributed by atoms with E-state index in [1.54, 1.807) is 0 Å². The van der Waals surface area contributed by atoms with E-state index in [-0.39, 0.29) is 25.4 Å². The number of hydrogen-bond acceptors (Lipinski definition) is 8. The van der Waals surface area contributed by atoms with Crippen LogP contribution in [0.25, 0.3) is 0 Å². The molecule has 0 saturated carbocycles. The number of aliphatic hydroxyl groups excluding tert-OH is 3. The van der Waals surface area contributed by atoms with Gasteiger partial charge >= 0.3 is 5.97 Å². The normalized spacial score (nSPS) is 9.95. The molecule has 0 aliphatic rings. The van der Waals surface area contributed by atoms with Crippen LogP contribution in [0.1, 0.15) is 23.7 Å². The monoisotopic (exact) mass is 304 g/mol. The molecule has 8 nitrogen and oxygen atoms in total. The molecule has 0 aromatic heterocycles. The maximum Gasteiger partial charge on any atom is 0.338 e. The highest BCUT2D eigenvalue weighted by molar-refractivity contribution is 5.91. The summed E-state index contributed by atoms with van der Waals surface area (Å²) in [5.41, 5.74) is -0.00347. The number of aliphatic hydroxyl groups is 3. The third-order valence-electron chi connectivity index (χ3n) is 2.16. The molecule has 120 valence electrons. The Morgan fingerprint density at radius 3 is 1.95 bits per heavy atom. The molecule has 0 atom stereocenters. The fraction of sp³-hybridized carbons (Fsp3) is 0.462. The Balaban J connectivity index is 0.000000567. The molecule has 21 heavy (non-hydrogen) atoms. The molecule has 1 aromatic carbocycles. The molecular formula is C13H20O8. The number of esters is 1. The van der Waals surface area contributed by atoms with E-state index in [2.05, 4.69) is 0 Å². The summed E-state index contributed by atoms with van der Waals surface area (Å²) in [7, 11) is 0. The predicted molar refractivity (Wildman–Crippen MR) is 72.2 cm³/mol. The lowest BCUT2D eigenvalue weighted by molar-refractivity contribution is 0.0450. The van der Waals surface area contributed by atoms with Gasteiger partial charge in [0.2, 0.25) is 0 Å². The zero-order valence-electron chi connectivity index (χ0n) is 11.6. The minimum atomic E-state index is -0.954. The molecule has 0 unspecified atom stereocenters. The van der Waals surface area contributed by atoms with Crippen LogP contribution in [-0.4, -0.2) is 62.5 Å². The summed E-state index contributed by atoms with van der Waals surface area (Å²) < 4.78 is 4.78. The van der Waals surface area contributed by atoms with Gasteiger partial charge in [-0.15, -0.1) is 0 Å². The van der Waals surface area contributed by atoms with Crippen LogP contribution in [0.5, 0.6) is 17.2 Å². The van der Waals surface area contributed by atoms with Crippen LogP contribution in [0.2, 0.25) is 0 Å². The van der Waals surface area contributed by atoms with Crippen LogP contribution in [0.4, 0.5) is 0 Å². The Morgan fingerprint density at radius 2 is 1.62 bits per heavy atom. The Hall–Kier alpha value is -2.03. The Labute approximate surface area is 121 Å². The maximum absolute atomic E-state index is 11.3. The number of ether oxygens (including phenoxy) is 1. The number of phenols is 3. The molecule has 0 bridgehead atoms. The Morgan fingerprint density at radius 1 is 1.14 bits per heavy atom. The minimum absolute atomic E-state index is 0.00347. The number of rotatable bonds is 5. The Kier molecular flexibility index (Phi) is 8.86. The van der Waals surface area contributed by atoms with Gasteiger partial charge in [-0.2, -0.15) is 0 Å². The molecule has 0 heterocycles. The van der Waals surface area contributed by atoms with Crippen LogP contribution in [0.15, 0.2) is 12.1 Å². The second-order valence-electron chi connectivity index (χ2n) is 4.02. The minimum Gasteiger partial charge on any atom is -0.504 e. The van der Waals surface area contributed by atoms with Gasteiger partial charge in [-0.1, -0.05) is 6.92 Å². The summed E-state index contributed by atoms with van der Waals surface area (Å²) >= 11 is 0. The first-order valence-electron chi connectivity index (χ1n) is 6.19. The van der Waals surface area contributed by atoms with Crippen LogP contribution >= 0.6 is 0 Å². The largest absolute Gasteiger partial charge is 0.504 e. The van der Waals surface area contributed by atoms with E-state index >= 15 is 0 Å². The van der Waals surface area contributed by atoms with Crippen molar-refractivity contribution in [1.82, 2.24) is 0 Å². The third-order valence-corrected chi connectivity index (χ3v) is 2.16. The zero-order chi connectivity index (χ0) is 16.4. The number of phenolic OH excluding ortho intramolecular Hbond substituents is 3.